The summed E-state index contributed by atoms with van der Waals surface area (Å²) in [6.45, 7) is 3.12. The maximum absolute atomic E-state index is 9.75. The van der Waals surface area contributed by atoms with Gasteiger partial charge in [0, 0.05) is 0 Å². The van der Waals surface area contributed by atoms with E-state index in [2.05, 4.69) is 12.4 Å². The fraction of sp³-hybridized carbons (Fsp3) is 0.857. The molecule has 3 nitrogen and oxygen atoms in total. The van der Waals surface area contributed by atoms with Crippen LogP contribution in [0.3, 0.4) is 0 Å². The molecule has 0 amide bonds. The lowest BCUT2D eigenvalue weighted by Crippen LogP contribution is -2.17. The smallest absolute Gasteiger partial charge is 0.136 e. The molecule has 0 rings (SSSR count). The monoisotopic (exact) mass is 145 g/mol. The van der Waals surface area contributed by atoms with E-state index < -0.39 is 0 Å². The van der Waals surface area contributed by atoms with E-state index in [1.807, 2.05) is 0 Å². The molecule has 0 spiro atoms. The molecule has 0 aromatic heterocycles. The lowest BCUT2D eigenvalue weighted by molar-refractivity contribution is -0.109. The Hall–Kier alpha value is -0.410. The molecule has 0 saturated carbocycles. The SMILES string of the molecule is CCCCCONCC=O. The van der Waals surface area contributed by atoms with Gasteiger partial charge in [-0.2, -0.15) is 5.48 Å². The fourth-order valence-corrected chi connectivity index (χ4v) is 0.589. The normalized spacial score (nSPS) is 9.70. The number of hydroxylamine groups is 1. The third kappa shape index (κ3) is 7.59. The fourth-order valence-electron chi connectivity index (χ4n) is 0.589. The minimum atomic E-state index is 0.284. The molecule has 1 N–H and O–H groups in total. The third-order valence-corrected chi connectivity index (χ3v) is 1.12. The summed E-state index contributed by atoms with van der Waals surface area (Å²) in [5, 5.41) is 0. The van der Waals surface area contributed by atoms with Crippen LogP contribution in [0.1, 0.15) is 26.2 Å². The van der Waals surface area contributed by atoms with Crippen LogP contribution in [-0.2, 0) is 9.63 Å². The molecule has 0 aromatic rings. The van der Waals surface area contributed by atoms with Crippen LogP contribution in [0.2, 0.25) is 0 Å². The van der Waals surface area contributed by atoms with Gasteiger partial charge in [-0.25, -0.2) is 0 Å². The van der Waals surface area contributed by atoms with Crippen molar-refractivity contribution >= 4 is 6.29 Å². The zero-order valence-corrected chi connectivity index (χ0v) is 6.43. The van der Waals surface area contributed by atoms with Crippen LogP contribution < -0.4 is 5.48 Å². The molecule has 0 radical (unpaired) electrons. The number of carbonyl (C=O) groups excluding carboxylic acids is 1. The highest BCUT2D eigenvalue weighted by molar-refractivity contribution is 5.51. The topological polar surface area (TPSA) is 38.3 Å². The van der Waals surface area contributed by atoms with Crippen LogP contribution in [0.25, 0.3) is 0 Å². The molecule has 0 aliphatic carbocycles. The first-order chi connectivity index (χ1) is 4.91. The van der Waals surface area contributed by atoms with E-state index in [4.69, 9.17) is 4.84 Å². The van der Waals surface area contributed by atoms with Crippen molar-refractivity contribution in [1.82, 2.24) is 5.48 Å². The summed E-state index contributed by atoms with van der Waals surface area (Å²) in [4.78, 5) is 14.6. The van der Waals surface area contributed by atoms with Gasteiger partial charge in [0.05, 0.1) is 13.2 Å². The van der Waals surface area contributed by atoms with E-state index in [9.17, 15) is 4.79 Å². The van der Waals surface area contributed by atoms with Crippen LogP contribution in [0.15, 0.2) is 0 Å². The van der Waals surface area contributed by atoms with E-state index in [1.54, 1.807) is 0 Å². The second-order valence-electron chi connectivity index (χ2n) is 2.07. The Labute approximate surface area is 61.7 Å². The number of aldehydes is 1. The van der Waals surface area contributed by atoms with Gasteiger partial charge in [0.1, 0.15) is 6.29 Å². The number of hydrogen-bond acceptors (Lipinski definition) is 3. The highest BCUT2D eigenvalue weighted by Crippen LogP contribution is 1.91. The summed E-state index contributed by atoms with van der Waals surface area (Å²) >= 11 is 0. The van der Waals surface area contributed by atoms with Crippen molar-refractivity contribution < 1.29 is 9.63 Å². The van der Waals surface area contributed by atoms with Crippen LogP contribution in [0, 0.1) is 0 Å². The van der Waals surface area contributed by atoms with E-state index >= 15 is 0 Å². The molecule has 0 unspecified atom stereocenters. The molecule has 60 valence electrons. The predicted molar refractivity (Wildman–Crippen MR) is 39.5 cm³/mol. The van der Waals surface area contributed by atoms with E-state index in [-0.39, 0.29) is 6.54 Å². The van der Waals surface area contributed by atoms with Crippen LogP contribution in [0.5, 0.6) is 0 Å². The van der Waals surface area contributed by atoms with Crippen LogP contribution >= 0.6 is 0 Å². The predicted octanol–water partition coefficient (Wildman–Crippen LogP) is 0.897. The Morgan fingerprint density at radius 3 is 2.90 bits per heavy atom. The second-order valence-corrected chi connectivity index (χ2v) is 2.07. The molecular formula is C7H15NO2. The van der Waals surface area contributed by atoms with Crippen molar-refractivity contribution in [3.8, 4) is 0 Å². The van der Waals surface area contributed by atoms with E-state index in [0.29, 0.717) is 6.61 Å². The Morgan fingerprint density at radius 1 is 1.50 bits per heavy atom. The van der Waals surface area contributed by atoms with Crippen molar-refractivity contribution in [3.05, 3.63) is 0 Å². The number of hydrogen-bond donors (Lipinski definition) is 1. The average Bonchev–Trinajstić information content (AvgIpc) is 1.97. The zero-order valence-electron chi connectivity index (χ0n) is 6.43. The first kappa shape index (κ1) is 9.59. The van der Waals surface area contributed by atoms with Gasteiger partial charge < -0.3 is 9.63 Å². The number of unbranched alkanes of at least 4 members (excludes halogenated alkanes) is 2. The molecular weight excluding hydrogens is 130 g/mol. The first-order valence-electron chi connectivity index (χ1n) is 3.70. The lowest BCUT2D eigenvalue weighted by atomic mass is 10.3. The van der Waals surface area contributed by atoms with Crippen molar-refractivity contribution in [1.29, 1.82) is 0 Å². The van der Waals surface area contributed by atoms with Crippen molar-refractivity contribution in [3.63, 3.8) is 0 Å². The van der Waals surface area contributed by atoms with E-state index in [1.165, 1.54) is 12.8 Å². The van der Waals surface area contributed by atoms with Gasteiger partial charge in [0.2, 0.25) is 0 Å². The summed E-state index contributed by atoms with van der Waals surface area (Å²) < 4.78 is 0. The Bertz CT molecular complexity index is 76.0. The highest BCUT2D eigenvalue weighted by Gasteiger charge is 1.85. The quantitative estimate of drug-likeness (QED) is 0.328. The minimum absolute atomic E-state index is 0.284. The molecule has 3 heteroatoms. The van der Waals surface area contributed by atoms with Gasteiger partial charge in [0.25, 0.3) is 0 Å². The summed E-state index contributed by atoms with van der Waals surface area (Å²) in [5.41, 5.74) is 2.53. The van der Waals surface area contributed by atoms with Crippen LogP contribution in [-0.4, -0.2) is 19.4 Å². The molecule has 0 aliphatic rings. The molecule has 0 fully saturated rings. The maximum Gasteiger partial charge on any atom is 0.136 e. The standard InChI is InChI=1S/C7H15NO2/c1-2-3-4-7-10-8-5-6-9/h6,8H,2-5,7H2,1H3. The van der Waals surface area contributed by atoms with Gasteiger partial charge in [-0.3, -0.25) is 0 Å². The average molecular weight is 145 g/mol. The van der Waals surface area contributed by atoms with E-state index in [0.717, 1.165) is 12.7 Å². The van der Waals surface area contributed by atoms with Gasteiger partial charge >= 0.3 is 0 Å². The second kappa shape index (κ2) is 8.59. The Morgan fingerprint density at radius 2 is 2.30 bits per heavy atom. The van der Waals surface area contributed by atoms with Gasteiger partial charge in [0.15, 0.2) is 0 Å². The summed E-state index contributed by atoms with van der Waals surface area (Å²) in [6.07, 6.45) is 4.21. The molecule has 0 saturated heterocycles. The Balaban J connectivity index is 2.70. The van der Waals surface area contributed by atoms with Gasteiger partial charge in [-0.05, 0) is 6.42 Å². The lowest BCUT2D eigenvalue weighted by Gasteiger charge is -2.00. The summed E-state index contributed by atoms with van der Waals surface area (Å²) in [6, 6.07) is 0. The van der Waals surface area contributed by atoms with Crippen molar-refractivity contribution in [2.45, 2.75) is 26.2 Å². The molecule has 0 heterocycles. The Kier molecular flexibility index (Phi) is 8.24. The summed E-state index contributed by atoms with van der Waals surface area (Å²) in [7, 11) is 0. The number of carbonyl (C=O) groups is 1. The van der Waals surface area contributed by atoms with Crippen molar-refractivity contribution in [2.75, 3.05) is 13.2 Å². The van der Waals surface area contributed by atoms with Gasteiger partial charge in [-0.1, -0.05) is 19.8 Å². The third-order valence-electron chi connectivity index (χ3n) is 1.12. The highest BCUT2D eigenvalue weighted by atomic mass is 16.6. The van der Waals surface area contributed by atoms with Crippen LogP contribution in [0.4, 0.5) is 0 Å². The number of nitrogens with one attached hydrogen (secondary N) is 1. The van der Waals surface area contributed by atoms with Crippen molar-refractivity contribution in [2.24, 2.45) is 0 Å². The largest absolute Gasteiger partial charge is 0.302 e. The molecule has 0 aromatic carbocycles. The zero-order chi connectivity index (χ0) is 7.66. The summed E-state index contributed by atoms with van der Waals surface area (Å²) in [5.74, 6) is 0. The molecule has 0 bridgehead atoms. The molecule has 10 heavy (non-hydrogen) atoms. The van der Waals surface area contributed by atoms with Gasteiger partial charge in [-0.15, -0.1) is 0 Å². The first-order valence-corrected chi connectivity index (χ1v) is 3.70. The maximum atomic E-state index is 9.75. The molecule has 0 aliphatic heterocycles. The number of rotatable bonds is 7. The minimum Gasteiger partial charge on any atom is -0.302 e. The molecule has 0 atom stereocenters.